The van der Waals surface area contributed by atoms with Gasteiger partial charge < -0.3 is 5.73 Å². The molecule has 0 aliphatic carbocycles. The van der Waals surface area contributed by atoms with E-state index in [4.69, 9.17) is 17.3 Å². The number of pyridine rings is 1. The number of hydrogen-bond acceptors (Lipinski definition) is 2. The first-order valence-corrected chi connectivity index (χ1v) is 3.51. The van der Waals surface area contributed by atoms with Crippen LogP contribution in [0.25, 0.3) is 0 Å². The maximum absolute atomic E-state index is 5.78. The van der Waals surface area contributed by atoms with Gasteiger partial charge in [0.15, 0.2) is 0 Å². The Morgan fingerprint density at radius 3 is 2.90 bits per heavy atom. The fraction of sp³-hybridized carbons (Fsp3) is 0.286. The first-order chi connectivity index (χ1) is 4.74. The van der Waals surface area contributed by atoms with Crippen molar-refractivity contribution >= 4 is 17.4 Å². The number of aromatic nitrogens is 1. The molecule has 54 valence electrons. The number of nitrogens with zero attached hydrogens (tertiary/aromatic N) is 1. The fourth-order valence-corrected chi connectivity index (χ4v) is 1.01. The Hall–Kier alpha value is -0.760. The van der Waals surface area contributed by atoms with E-state index in [1.807, 2.05) is 6.92 Å². The number of nitrogen functional groups attached to an aromatic ring is 1. The Bertz CT molecular complexity index is 235. The zero-order chi connectivity index (χ0) is 7.56. The average Bonchev–Trinajstić information content (AvgIpc) is 1.94. The largest absolute Gasteiger partial charge is 0.384 e. The van der Waals surface area contributed by atoms with Crippen LogP contribution in [0.5, 0.6) is 0 Å². The molecule has 0 spiro atoms. The standard InChI is InChI=1S/C7H9ClN2/c1-2-5-3-7(9)10-4-6(5)8/h3-4H,2H2,1H3,(H2,9,10). The molecular formula is C7H9ClN2. The molecule has 0 fully saturated rings. The first kappa shape index (κ1) is 7.35. The maximum atomic E-state index is 5.78. The Morgan fingerprint density at radius 1 is 1.70 bits per heavy atom. The number of nitrogens with two attached hydrogens (primary N) is 1. The van der Waals surface area contributed by atoms with Crippen molar-refractivity contribution in [2.24, 2.45) is 0 Å². The second kappa shape index (κ2) is 2.88. The Kier molecular flexibility index (Phi) is 2.12. The van der Waals surface area contributed by atoms with Crippen LogP contribution in [0.2, 0.25) is 5.02 Å². The molecule has 0 atom stereocenters. The predicted molar refractivity (Wildman–Crippen MR) is 43.0 cm³/mol. The van der Waals surface area contributed by atoms with Crippen molar-refractivity contribution in [1.29, 1.82) is 0 Å². The Labute approximate surface area is 65.0 Å². The summed E-state index contributed by atoms with van der Waals surface area (Å²) in [7, 11) is 0. The topological polar surface area (TPSA) is 38.9 Å². The molecule has 0 saturated carbocycles. The van der Waals surface area contributed by atoms with Crippen LogP contribution in [0.15, 0.2) is 12.3 Å². The van der Waals surface area contributed by atoms with Gasteiger partial charge in [0.1, 0.15) is 5.82 Å². The summed E-state index contributed by atoms with van der Waals surface area (Å²) in [6.07, 6.45) is 2.47. The SMILES string of the molecule is CCc1cc(N)ncc1Cl. The van der Waals surface area contributed by atoms with Crippen LogP contribution in [-0.2, 0) is 6.42 Å². The summed E-state index contributed by atoms with van der Waals surface area (Å²) >= 11 is 5.78. The molecule has 0 unspecified atom stereocenters. The van der Waals surface area contributed by atoms with Gasteiger partial charge in [-0.1, -0.05) is 18.5 Å². The molecule has 0 radical (unpaired) electrons. The minimum atomic E-state index is 0.529. The minimum absolute atomic E-state index is 0.529. The molecule has 0 saturated heterocycles. The molecule has 10 heavy (non-hydrogen) atoms. The normalized spacial score (nSPS) is 9.80. The van der Waals surface area contributed by atoms with Gasteiger partial charge in [-0.2, -0.15) is 0 Å². The van der Waals surface area contributed by atoms with Crippen molar-refractivity contribution in [2.75, 3.05) is 5.73 Å². The van der Waals surface area contributed by atoms with E-state index in [1.54, 1.807) is 12.3 Å². The third kappa shape index (κ3) is 1.39. The smallest absolute Gasteiger partial charge is 0.123 e. The summed E-state index contributed by atoms with van der Waals surface area (Å²) < 4.78 is 0. The molecule has 1 aromatic heterocycles. The number of anilines is 1. The van der Waals surface area contributed by atoms with Crippen LogP contribution < -0.4 is 5.73 Å². The van der Waals surface area contributed by atoms with Gasteiger partial charge >= 0.3 is 0 Å². The summed E-state index contributed by atoms with van der Waals surface area (Å²) in [5.41, 5.74) is 6.48. The van der Waals surface area contributed by atoms with E-state index >= 15 is 0 Å². The van der Waals surface area contributed by atoms with Gasteiger partial charge in [-0.05, 0) is 18.1 Å². The van der Waals surface area contributed by atoms with E-state index in [1.165, 1.54) is 0 Å². The molecule has 1 rings (SSSR count). The molecule has 1 heterocycles. The number of hydrogen-bond donors (Lipinski definition) is 1. The van der Waals surface area contributed by atoms with Gasteiger partial charge in [-0.3, -0.25) is 0 Å². The fourth-order valence-electron chi connectivity index (χ4n) is 0.770. The highest BCUT2D eigenvalue weighted by molar-refractivity contribution is 6.31. The zero-order valence-corrected chi connectivity index (χ0v) is 6.52. The lowest BCUT2D eigenvalue weighted by atomic mass is 10.2. The molecule has 0 aliphatic rings. The van der Waals surface area contributed by atoms with E-state index in [-0.39, 0.29) is 0 Å². The third-order valence-electron chi connectivity index (χ3n) is 1.34. The van der Waals surface area contributed by atoms with Crippen LogP contribution in [-0.4, -0.2) is 4.98 Å². The number of halogens is 1. The Morgan fingerprint density at radius 2 is 2.40 bits per heavy atom. The van der Waals surface area contributed by atoms with Crippen LogP contribution in [0.4, 0.5) is 5.82 Å². The molecule has 2 N–H and O–H groups in total. The lowest BCUT2D eigenvalue weighted by Crippen LogP contribution is -1.92. The zero-order valence-electron chi connectivity index (χ0n) is 5.76. The van der Waals surface area contributed by atoms with Gasteiger partial charge in [-0.25, -0.2) is 4.98 Å². The van der Waals surface area contributed by atoms with Gasteiger partial charge in [-0.15, -0.1) is 0 Å². The van der Waals surface area contributed by atoms with E-state index < -0.39 is 0 Å². The van der Waals surface area contributed by atoms with Gasteiger partial charge in [0.05, 0.1) is 5.02 Å². The van der Waals surface area contributed by atoms with Crippen molar-refractivity contribution < 1.29 is 0 Å². The van der Waals surface area contributed by atoms with Crippen molar-refractivity contribution in [3.05, 3.63) is 22.8 Å². The predicted octanol–water partition coefficient (Wildman–Crippen LogP) is 1.88. The Balaban J connectivity index is 3.09. The molecule has 0 bridgehead atoms. The maximum Gasteiger partial charge on any atom is 0.123 e. The van der Waals surface area contributed by atoms with Crippen molar-refractivity contribution in [3.63, 3.8) is 0 Å². The van der Waals surface area contributed by atoms with Gasteiger partial charge in [0.2, 0.25) is 0 Å². The highest BCUT2D eigenvalue weighted by Crippen LogP contribution is 2.16. The summed E-state index contributed by atoms with van der Waals surface area (Å²) in [4.78, 5) is 3.83. The molecular weight excluding hydrogens is 148 g/mol. The van der Waals surface area contributed by atoms with Crippen LogP contribution in [0.1, 0.15) is 12.5 Å². The summed E-state index contributed by atoms with van der Waals surface area (Å²) in [6, 6.07) is 1.79. The molecule has 0 aliphatic heterocycles. The third-order valence-corrected chi connectivity index (χ3v) is 1.68. The highest BCUT2D eigenvalue weighted by Gasteiger charge is 1.97. The van der Waals surface area contributed by atoms with E-state index in [9.17, 15) is 0 Å². The lowest BCUT2D eigenvalue weighted by Gasteiger charge is -1.99. The van der Waals surface area contributed by atoms with Crippen molar-refractivity contribution in [2.45, 2.75) is 13.3 Å². The highest BCUT2D eigenvalue weighted by atomic mass is 35.5. The van der Waals surface area contributed by atoms with Crippen molar-refractivity contribution in [1.82, 2.24) is 4.98 Å². The summed E-state index contributed by atoms with van der Waals surface area (Å²) in [5, 5.41) is 0.691. The van der Waals surface area contributed by atoms with Crippen molar-refractivity contribution in [3.8, 4) is 0 Å². The number of aryl methyl sites for hydroxylation is 1. The average molecular weight is 157 g/mol. The van der Waals surface area contributed by atoms with Crippen LogP contribution in [0.3, 0.4) is 0 Å². The summed E-state index contributed by atoms with van der Waals surface area (Å²) in [5.74, 6) is 0.529. The molecule has 0 aromatic carbocycles. The number of rotatable bonds is 1. The summed E-state index contributed by atoms with van der Waals surface area (Å²) in [6.45, 7) is 2.03. The van der Waals surface area contributed by atoms with E-state index in [2.05, 4.69) is 4.98 Å². The monoisotopic (exact) mass is 156 g/mol. The van der Waals surface area contributed by atoms with Crippen LogP contribution >= 0.6 is 11.6 Å². The van der Waals surface area contributed by atoms with Gasteiger partial charge in [0.25, 0.3) is 0 Å². The quantitative estimate of drug-likeness (QED) is 0.675. The first-order valence-electron chi connectivity index (χ1n) is 3.14. The second-order valence-electron chi connectivity index (χ2n) is 2.05. The molecule has 2 nitrogen and oxygen atoms in total. The van der Waals surface area contributed by atoms with E-state index in [0.29, 0.717) is 10.8 Å². The lowest BCUT2D eigenvalue weighted by molar-refractivity contribution is 1.12. The molecule has 3 heteroatoms. The molecule has 1 aromatic rings. The second-order valence-corrected chi connectivity index (χ2v) is 2.46. The molecule has 0 amide bonds. The van der Waals surface area contributed by atoms with E-state index in [0.717, 1.165) is 12.0 Å². The minimum Gasteiger partial charge on any atom is -0.384 e. The van der Waals surface area contributed by atoms with Gasteiger partial charge in [0, 0.05) is 6.20 Å². The van der Waals surface area contributed by atoms with Crippen LogP contribution in [0, 0.1) is 0 Å².